The number of aliphatic hydroxyl groups is 1. The van der Waals surface area contributed by atoms with Crippen molar-refractivity contribution in [1.29, 1.82) is 0 Å². The number of esters is 1. The van der Waals surface area contributed by atoms with Crippen molar-refractivity contribution in [2.75, 3.05) is 0 Å². The van der Waals surface area contributed by atoms with Gasteiger partial charge in [-0.05, 0) is 41.8 Å². The maximum atomic E-state index is 13.9. The summed E-state index contributed by atoms with van der Waals surface area (Å²) in [6.07, 6.45) is -0.353. The number of fused-ring (bicyclic) bond motifs is 1. The van der Waals surface area contributed by atoms with Crippen molar-refractivity contribution < 1.29 is 19.0 Å². The fraction of sp³-hybridized carbons (Fsp3) is 0.148. The summed E-state index contributed by atoms with van der Waals surface area (Å²) in [7, 11) is 0. The smallest absolute Gasteiger partial charge is 0.339 e. The molecule has 2 atom stereocenters. The molecule has 0 spiro atoms. The Morgan fingerprint density at radius 1 is 1.03 bits per heavy atom. The van der Waals surface area contributed by atoms with Crippen LogP contribution in [0.1, 0.15) is 28.3 Å². The molecule has 3 aromatic carbocycles. The second-order valence-corrected chi connectivity index (χ2v) is 8.08. The van der Waals surface area contributed by atoms with Crippen LogP contribution in [0.3, 0.4) is 0 Å². The van der Waals surface area contributed by atoms with Gasteiger partial charge >= 0.3 is 5.97 Å². The molecule has 4 nitrogen and oxygen atoms in total. The van der Waals surface area contributed by atoms with Gasteiger partial charge in [-0.1, -0.05) is 60.7 Å². The van der Waals surface area contributed by atoms with Crippen LogP contribution in [0.5, 0.6) is 0 Å². The molecule has 5 rings (SSSR count). The number of nitrogens with one attached hydrogen (secondary N) is 1. The highest BCUT2D eigenvalue weighted by molar-refractivity contribution is 5.95. The number of aromatic amines is 1. The van der Waals surface area contributed by atoms with Crippen LogP contribution in [-0.2, 0) is 16.0 Å². The van der Waals surface area contributed by atoms with E-state index in [4.69, 9.17) is 4.74 Å². The van der Waals surface area contributed by atoms with E-state index in [-0.39, 0.29) is 17.1 Å². The highest BCUT2D eigenvalue weighted by Crippen LogP contribution is 2.41. The van der Waals surface area contributed by atoms with Crippen molar-refractivity contribution in [2.24, 2.45) is 0 Å². The second kappa shape index (κ2) is 8.00. The first kappa shape index (κ1) is 20.1. The quantitative estimate of drug-likeness (QED) is 0.400. The van der Waals surface area contributed by atoms with Crippen LogP contribution in [0.2, 0.25) is 0 Å². The van der Waals surface area contributed by atoms with Gasteiger partial charge in [-0.15, -0.1) is 0 Å². The number of ether oxygens (including phenoxy) is 1. The number of aryl methyl sites for hydroxylation is 1. The minimum Gasteiger partial charge on any atom is -0.508 e. The lowest BCUT2D eigenvalue weighted by atomic mass is 9.85. The van der Waals surface area contributed by atoms with E-state index < -0.39 is 18.0 Å². The molecule has 1 aliphatic rings. The molecule has 1 aliphatic heterocycles. The van der Waals surface area contributed by atoms with Crippen molar-refractivity contribution in [3.05, 3.63) is 118 Å². The third kappa shape index (κ3) is 3.46. The Bertz CT molecular complexity index is 1330. The largest absolute Gasteiger partial charge is 0.508 e. The molecule has 0 bridgehead atoms. The van der Waals surface area contributed by atoms with E-state index in [1.165, 1.54) is 12.1 Å². The Kier molecular flexibility index (Phi) is 5.02. The van der Waals surface area contributed by atoms with E-state index in [1.807, 2.05) is 67.6 Å². The van der Waals surface area contributed by atoms with Crippen LogP contribution >= 0.6 is 0 Å². The summed E-state index contributed by atoms with van der Waals surface area (Å²) < 4.78 is 19.5. The number of carbonyl (C=O) groups excluding carboxylic acids is 1. The summed E-state index contributed by atoms with van der Waals surface area (Å²) in [6, 6.07) is 23.7. The summed E-state index contributed by atoms with van der Waals surface area (Å²) in [4.78, 5) is 16.4. The zero-order valence-corrected chi connectivity index (χ0v) is 17.5. The molecule has 5 heteroatoms. The number of rotatable bonds is 5. The first-order valence-corrected chi connectivity index (χ1v) is 10.5. The Morgan fingerprint density at radius 3 is 2.44 bits per heavy atom. The Hall–Kier alpha value is -3.86. The molecule has 2 unspecified atom stereocenters. The highest BCUT2D eigenvalue weighted by Gasteiger charge is 2.41. The van der Waals surface area contributed by atoms with Gasteiger partial charge in [0.25, 0.3) is 0 Å². The average molecular weight is 427 g/mol. The minimum absolute atomic E-state index is 0.0584. The molecule has 2 N–H and O–H groups in total. The first-order chi connectivity index (χ1) is 15.5. The number of hydrogen-bond acceptors (Lipinski definition) is 3. The number of hydrogen-bond donors (Lipinski definition) is 2. The summed E-state index contributed by atoms with van der Waals surface area (Å²) in [5, 5.41) is 11.9. The minimum atomic E-state index is -0.742. The zero-order valence-electron chi connectivity index (χ0n) is 17.5. The van der Waals surface area contributed by atoms with Crippen LogP contribution in [0, 0.1) is 12.7 Å². The summed E-state index contributed by atoms with van der Waals surface area (Å²) in [6.45, 7) is 1.89. The van der Waals surface area contributed by atoms with Crippen LogP contribution < -0.4 is 0 Å². The van der Waals surface area contributed by atoms with E-state index in [2.05, 4.69) is 4.98 Å². The molecule has 0 saturated heterocycles. The van der Waals surface area contributed by atoms with Gasteiger partial charge < -0.3 is 14.8 Å². The van der Waals surface area contributed by atoms with Gasteiger partial charge in [0.05, 0.1) is 11.5 Å². The van der Waals surface area contributed by atoms with Crippen LogP contribution in [-0.4, -0.2) is 22.2 Å². The molecule has 0 radical (unpaired) electrons. The number of H-pyrrole nitrogens is 1. The standard InChI is InChI=1S/C27H22FNO3/c1-16-20-15-19(28)12-13-21(20)29-25(16)23(18-10-6-3-7-11-18)24-26(30)22(32-27(24)31)14-17-8-4-2-5-9-17/h2-13,15,22-23,29-30H,14H2,1H3. The normalized spacial score (nSPS) is 17.1. The van der Waals surface area contributed by atoms with Crippen LogP contribution in [0.4, 0.5) is 4.39 Å². The molecule has 4 aromatic rings. The molecule has 160 valence electrons. The van der Waals surface area contributed by atoms with E-state index >= 15 is 0 Å². The molecule has 1 aromatic heterocycles. The fourth-order valence-corrected chi connectivity index (χ4v) is 4.49. The van der Waals surface area contributed by atoms with Gasteiger partial charge in [-0.2, -0.15) is 0 Å². The van der Waals surface area contributed by atoms with E-state index in [1.54, 1.807) is 6.07 Å². The van der Waals surface area contributed by atoms with E-state index in [9.17, 15) is 14.3 Å². The Labute approximate surface area is 185 Å². The van der Waals surface area contributed by atoms with Crippen LogP contribution in [0.15, 0.2) is 90.2 Å². The monoisotopic (exact) mass is 427 g/mol. The lowest BCUT2D eigenvalue weighted by molar-refractivity contribution is -0.140. The number of cyclic esters (lactones) is 1. The predicted octanol–water partition coefficient (Wildman–Crippen LogP) is 5.73. The maximum absolute atomic E-state index is 13.9. The number of aromatic nitrogens is 1. The Balaban J connectivity index is 1.65. The summed E-state index contributed by atoms with van der Waals surface area (Å²) in [5.41, 5.74) is 4.34. The van der Waals surface area contributed by atoms with Gasteiger partial charge in [0, 0.05) is 23.0 Å². The van der Waals surface area contributed by atoms with Gasteiger partial charge in [-0.3, -0.25) is 0 Å². The fourth-order valence-electron chi connectivity index (χ4n) is 4.49. The number of aliphatic hydroxyl groups excluding tert-OH is 1. The van der Waals surface area contributed by atoms with Gasteiger partial charge in [-0.25, -0.2) is 9.18 Å². The third-order valence-corrected chi connectivity index (χ3v) is 6.08. The highest BCUT2D eigenvalue weighted by atomic mass is 19.1. The molecule has 32 heavy (non-hydrogen) atoms. The Morgan fingerprint density at radius 2 is 1.72 bits per heavy atom. The molecular weight excluding hydrogens is 405 g/mol. The van der Waals surface area contributed by atoms with Crippen molar-refractivity contribution in [2.45, 2.75) is 25.4 Å². The zero-order chi connectivity index (χ0) is 22.2. The topological polar surface area (TPSA) is 62.3 Å². The third-order valence-electron chi connectivity index (χ3n) is 6.08. The maximum Gasteiger partial charge on any atom is 0.339 e. The predicted molar refractivity (Wildman–Crippen MR) is 121 cm³/mol. The second-order valence-electron chi connectivity index (χ2n) is 8.08. The van der Waals surface area contributed by atoms with Crippen LogP contribution in [0.25, 0.3) is 10.9 Å². The lowest BCUT2D eigenvalue weighted by Gasteiger charge is -2.17. The molecule has 0 saturated carbocycles. The SMILES string of the molecule is Cc1c(C(C2=C(O)C(Cc3ccccc3)OC2=O)c2ccccc2)[nH]c2ccc(F)cc12. The van der Waals surface area contributed by atoms with Crippen molar-refractivity contribution >= 4 is 16.9 Å². The lowest BCUT2D eigenvalue weighted by Crippen LogP contribution is -2.15. The summed E-state index contributed by atoms with van der Waals surface area (Å²) in [5.74, 6) is -1.49. The average Bonchev–Trinajstić information content (AvgIpc) is 3.27. The number of carbonyl (C=O) groups is 1. The molecule has 2 heterocycles. The van der Waals surface area contributed by atoms with Crippen molar-refractivity contribution in [1.82, 2.24) is 4.98 Å². The van der Waals surface area contributed by atoms with Gasteiger partial charge in [0.1, 0.15) is 11.6 Å². The molecule has 0 aliphatic carbocycles. The molecule has 0 amide bonds. The van der Waals surface area contributed by atoms with Gasteiger partial charge in [0.2, 0.25) is 0 Å². The van der Waals surface area contributed by atoms with E-state index in [0.717, 1.165) is 33.3 Å². The van der Waals surface area contributed by atoms with Crippen molar-refractivity contribution in [3.63, 3.8) is 0 Å². The molecule has 0 fully saturated rings. The first-order valence-electron chi connectivity index (χ1n) is 10.5. The summed E-state index contributed by atoms with van der Waals surface area (Å²) >= 11 is 0. The molecular formula is C27H22FNO3. The van der Waals surface area contributed by atoms with Gasteiger partial charge in [0.15, 0.2) is 6.10 Å². The number of benzene rings is 3. The van der Waals surface area contributed by atoms with Crippen molar-refractivity contribution in [3.8, 4) is 0 Å². The van der Waals surface area contributed by atoms with E-state index in [0.29, 0.717) is 6.42 Å². The number of halogens is 1.